The number of benzene rings is 1. The average molecular weight is 313 g/mol. The molecule has 0 fully saturated rings. The van der Waals surface area contributed by atoms with E-state index in [0.29, 0.717) is 0 Å². The fraction of sp³-hybridized carbons (Fsp3) is 0.364. The quantitative estimate of drug-likeness (QED) is 0.796. The van der Waals surface area contributed by atoms with Gasteiger partial charge in [-0.25, -0.2) is 4.68 Å². The van der Waals surface area contributed by atoms with Crippen LogP contribution >= 0.6 is 27.7 Å². The summed E-state index contributed by atoms with van der Waals surface area (Å²) in [6.07, 6.45) is 1.04. The maximum Gasteiger partial charge on any atom is 0.161 e. The van der Waals surface area contributed by atoms with Gasteiger partial charge in [0.1, 0.15) is 0 Å². The molecule has 90 valence electrons. The third-order valence-electron chi connectivity index (χ3n) is 2.23. The summed E-state index contributed by atoms with van der Waals surface area (Å²) in [4.78, 5) is 1.21. The van der Waals surface area contributed by atoms with Crippen molar-refractivity contribution >= 4 is 27.7 Å². The van der Waals surface area contributed by atoms with E-state index in [9.17, 15) is 0 Å². The van der Waals surface area contributed by atoms with Crippen molar-refractivity contribution in [2.45, 2.75) is 30.5 Å². The number of aromatic nitrogens is 4. The number of aryl methyl sites for hydroxylation is 1. The SMILES string of the molecule is CCCn1nnnc1CSc1ccccc1Br. The van der Waals surface area contributed by atoms with Crippen molar-refractivity contribution in [1.29, 1.82) is 0 Å². The molecule has 0 radical (unpaired) electrons. The Hall–Kier alpha value is -0.880. The molecule has 1 heterocycles. The van der Waals surface area contributed by atoms with E-state index < -0.39 is 0 Å². The second-order valence-electron chi connectivity index (χ2n) is 3.54. The average Bonchev–Trinajstić information content (AvgIpc) is 2.76. The Morgan fingerprint density at radius 3 is 2.94 bits per heavy atom. The van der Waals surface area contributed by atoms with Crippen LogP contribution in [0, 0.1) is 0 Å². The monoisotopic (exact) mass is 312 g/mol. The summed E-state index contributed by atoms with van der Waals surface area (Å²) < 4.78 is 2.98. The minimum absolute atomic E-state index is 0.787. The Morgan fingerprint density at radius 1 is 1.35 bits per heavy atom. The first kappa shape index (κ1) is 12.6. The van der Waals surface area contributed by atoms with Gasteiger partial charge in [-0.05, 0) is 44.9 Å². The Labute approximate surface area is 113 Å². The first-order valence-electron chi connectivity index (χ1n) is 5.43. The van der Waals surface area contributed by atoms with Gasteiger partial charge < -0.3 is 0 Å². The van der Waals surface area contributed by atoms with Crippen LogP contribution < -0.4 is 0 Å². The molecule has 0 unspecified atom stereocenters. The zero-order chi connectivity index (χ0) is 12.1. The predicted molar refractivity (Wildman–Crippen MR) is 71.8 cm³/mol. The molecule has 0 spiro atoms. The van der Waals surface area contributed by atoms with Crippen LogP contribution in [0.4, 0.5) is 0 Å². The fourth-order valence-electron chi connectivity index (χ4n) is 1.42. The largest absolute Gasteiger partial charge is 0.229 e. The lowest BCUT2D eigenvalue weighted by atomic mass is 10.4. The molecule has 0 bridgehead atoms. The number of rotatable bonds is 5. The first-order chi connectivity index (χ1) is 8.31. The predicted octanol–water partition coefficient (Wildman–Crippen LogP) is 3.14. The van der Waals surface area contributed by atoms with Crippen molar-refractivity contribution in [2.75, 3.05) is 0 Å². The molecule has 4 nitrogen and oxygen atoms in total. The number of thioether (sulfide) groups is 1. The van der Waals surface area contributed by atoms with Gasteiger partial charge in [0.05, 0.1) is 5.75 Å². The smallest absolute Gasteiger partial charge is 0.161 e. The third kappa shape index (κ3) is 3.29. The molecule has 17 heavy (non-hydrogen) atoms. The van der Waals surface area contributed by atoms with Crippen LogP contribution in [0.15, 0.2) is 33.6 Å². The van der Waals surface area contributed by atoms with Gasteiger partial charge in [0.2, 0.25) is 0 Å². The topological polar surface area (TPSA) is 43.6 Å². The Morgan fingerprint density at radius 2 is 2.18 bits per heavy atom. The molecule has 0 atom stereocenters. The molecule has 0 saturated carbocycles. The lowest BCUT2D eigenvalue weighted by Gasteiger charge is -2.04. The Bertz CT molecular complexity index is 486. The van der Waals surface area contributed by atoms with E-state index in [1.165, 1.54) is 4.90 Å². The van der Waals surface area contributed by atoms with Crippen LogP contribution in [-0.4, -0.2) is 20.2 Å². The highest BCUT2D eigenvalue weighted by Crippen LogP contribution is 2.28. The molecule has 0 aliphatic carbocycles. The molecule has 0 amide bonds. The maximum atomic E-state index is 4.05. The summed E-state index contributed by atoms with van der Waals surface area (Å²) in [7, 11) is 0. The van der Waals surface area contributed by atoms with Gasteiger partial charge in [-0.15, -0.1) is 16.9 Å². The molecular weight excluding hydrogens is 300 g/mol. The first-order valence-corrected chi connectivity index (χ1v) is 7.21. The summed E-state index contributed by atoms with van der Waals surface area (Å²) in [5, 5.41) is 11.7. The van der Waals surface area contributed by atoms with Crippen LogP contribution in [-0.2, 0) is 12.3 Å². The Kier molecular flexibility index (Phi) is 4.56. The number of tetrazole rings is 1. The zero-order valence-corrected chi connectivity index (χ0v) is 11.9. The van der Waals surface area contributed by atoms with Crippen molar-refractivity contribution < 1.29 is 0 Å². The Balaban J connectivity index is 2.02. The summed E-state index contributed by atoms with van der Waals surface area (Å²) in [5.74, 6) is 1.71. The zero-order valence-electron chi connectivity index (χ0n) is 9.51. The van der Waals surface area contributed by atoms with Crippen molar-refractivity contribution in [3.8, 4) is 0 Å². The van der Waals surface area contributed by atoms with Gasteiger partial charge in [-0.1, -0.05) is 19.1 Å². The van der Waals surface area contributed by atoms with E-state index in [-0.39, 0.29) is 0 Å². The fourth-order valence-corrected chi connectivity index (χ4v) is 2.92. The van der Waals surface area contributed by atoms with Gasteiger partial charge in [-0.3, -0.25) is 0 Å². The van der Waals surface area contributed by atoms with E-state index in [1.54, 1.807) is 11.8 Å². The standard InChI is InChI=1S/C11H13BrN4S/c1-2-7-16-11(13-14-15-16)8-17-10-6-4-3-5-9(10)12/h3-6H,2,7-8H2,1H3. The van der Waals surface area contributed by atoms with Gasteiger partial charge in [0.25, 0.3) is 0 Å². The molecule has 0 N–H and O–H groups in total. The van der Waals surface area contributed by atoms with E-state index >= 15 is 0 Å². The summed E-state index contributed by atoms with van der Waals surface area (Å²) in [5.41, 5.74) is 0. The molecule has 1 aromatic carbocycles. The number of hydrogen-bond donors (Lipinski definition) is 0. The van der Waals surface area contributed by atoms with Crippen LogP contribution in [0.25, 0.3) is 0 Å². The highest BCUT2D eigenvalue weighted by molar-refractivity contribution is 9.10. The van der Waals surface area contributed by atoms with Crippen molar-refractivity contribution in [1.82, 2.24) is 20.2 Å². The number of nitrogens with zero attached hydrogens (tertiary/aromatic N) is 4. The molecule has 2 aromatic rings. The highest BCUT2D eigenvalue weighted by Gasteiger charge is 2.07. The number of hydrogen-bond acceptors (Lipinski definition) is 4. The second kappa shape index (κ2) is 6.16. The molecule has 0 aliphatic rings. The van der Waals surface area contributed by atoms with Crippen LogP contribution in [0.2, 0.25) is 0 Å². The van der Waals surface area contributed by atoms with Crippen LogP contribution in [0.5, 0.6) is 0 Å². The van der Waals surface area contributed by atoms with Gasteiger partial charge >= 0.3 is 0 Å². The summed E-state index contributed by atoms with van der Waals surface area (Å²) >= 11 is 5.27. The molecule has 0 aliphatic heterocycles. The van der Waals surface area contributed by atoms with Gasteiger partial charge in [-0.2, -0.15) is 0 Å². The van der Waals surface area contributed by atoms with E-state index in [1.807, 2.05) is 22.9 Å². The molecule has 0 saturated heterocycles. The lowest BCUT2D eigenvalue weighted by Crippen LogP contribution is -2.04. The van der Waals surface area contributed by atoms with Gasteiger partial charge in [0.15, 0.2) is 5.82 Å². The second-order valence-corrected chi connectivity index (χ2v) is 5.41. The highest BCUT2D eigenvalue weighted by atomic mass is 79.9. The van der Waals surface area contributed by atoms with Gasteiger partial charge in [0, 0.05) is 15.9 Å². The number of halogens is 1. The molecular formula is C11H13BrN4S. The van der Waals surface area contributed by atoms with E-state index in [0.717, 1.165) is 29.0 Å². The molecule has 6 heteroatoms. The lowest BCUT2D eigenvalue weighted by molar-refractivity contribution is 0.564. The minimum atomic E-state index is 0.787. The van der Waals surface area contributed by atoms with Crippen molar-refractivity contribution in [2.24, 2.45) is 0 Å². The normalized spacial score (nSPS) is 10.7. The molecule has 2 rings (SSSR count). The van der Waals surface area contributed by atoms with Crippen molar-refractivity contribution in [3.63, 3.8) is 0 Å². The maximum absolute atomic E-state index is 4.05. The van der Waals surface area contributed by atoms with E-state index in [2.05, 4.69) is 44.4 Å². The molecule has 1 aromatic heterocycles. The van der Waals surface area contributed by atoms with E-state index in [4.69, 9.17) is 0 Å². The minimum Gasteiger partial charge on any atom is -0.229 e. The van der Waals surface area contributed by atoms with Crippen LogP contribution in [0.3, 0.4) is 0 Å². The summed E-state index contributed by atoms with van der Waals surface area (Å²) in [6, 6.07) is 8.16. The van der Waals surface area contributed by atoms with Crippen LogP contribution in [0.1, 0.15) is 19.2 Å². The summed E-state index contributed by atoms with van der Waals surface area (Å²) in [6.45, 7) is 2.99. The third-order valence-corrected chi connectivity index (χ3v) is 4.26. The van der Waals surface area contributed by atoms with Crippen molar-refractivity contribution in [3.05, 3.63) is 34.6 Å².